The van der Waals surface area contributed by atoms with E-state index in [1.165, 1.54) is 16.4 Å². The standard InChI is InChI=1S/C12H14FNO3S/c1-3-6-14-9(2)8-17-11-7-10(13)4-5-12(11)18(14,15)16/h3-5,7,9H,1,6,8H2,2H3/t9-/m0/s1. The Morgan fingerprint density at radius 2 is 2.33 bits per heavy atom. The molecule has 2 rings (SSSR count). The zero-order valence-corrected chi connectivity index (χ0v) is 10.8. The monoisotopic (exact) mass is 271 g/mol. The summed E-state index contributed by atoms with van der Waals surface area (Å²) < 4.78 is 44.6. The second kappa shape index (κ2) is 4.70. The van der Waals surface area contributed by atoms with Crippen molar-refractivity contribution in [2.24, 2.45) is 0 Å². The molecule has 1 aliphatic heterocycles. The molecule has 0 spiro atoms. The van der Waals surface area contributed by atoms with Crippen molar-refractivity contribution in [1.82, 2.24) is 4.31 Å². The highest BCUT2D eigenvalue weighted by Crippen LogP contribution is 2.31. The topological polar surface area (TPSA) is 46.6 Å². The second-order valence-corrected chi connectivity index (χ2v) is 5.97. The first-order valence-electron chi connectivity index (χ1n) is 5.52. The van der Waals surface area contributed by atoms with Crippen LogP contribution in [0.2, 0.25) is 0 Å². The minimum absolute atomic E-state index is 0.00454. The van der Waals surface area contributed by atoms with Crippen molar-refractivity contribution in [3.63, 3.8) is 0 Å². The molecule has 0 saturated carbocycles. The molecule has 1 heterocycles. The first-order chi connectivity index (χ1) is 8.46. The number of nitrogens with zero attached hydrogens (tertiary/aromatic N) is 1. The molecule has 0 radical (unpaired) electrons. The average Bonchev–Trinajstić information content (AvgIpc) is 2.39. The van der Waals surface area contributed by atoms with Crippen molar-refractivity contribution in [3.8, 4) is 5.75 Å². The Labute approximate surface area is 106 Å². The fraction of sp³-hybridized carbons (Fsp3) is 0.333. The minimum Gasteiger partial charge on any atom is -0.490 e. The number of hydrogen-bond donors (Lipinski definition) is 0. The number of hydrogen-bond acceptors (Lipinski definition) is 3. The molecule has 0 saturated heterocycles. The molecule has 6 heteroatoms. The van der Waals surface area contributed by atoms with E-state index < -0.39 is 15.8 Å². The van der Waals surface area contributed by atoms with Gasteiger partial charge >= 0.3 is 0 Å². The summed E-state index contributed by atoms with van der Waals surface area (Å²) in [6.07, 6.45) is 1.52. The third-order valence-corrected chi connectivity index (χ3v) is 4.79. The van der Waals surface area contributed by atoms with E-state index in [-0.39, 0.29) is 29.8 Å². The van der Waals surface area contributed by atoms with Crippen LogP contribution in [-0.2, 0) is 10.0 Å². The highest BCUT2D eigenvalue weighted by atomic mass is 32.2. The van der Waals surface area contributed by atoms with Gasteiger partial charge in [0.05, 0.1) is 6.04 Å². The molecule has 0 N–H and O–H groups in total. The van der Waals surface area contributed by atoms with Gasteiger partial charge in [-0.2, -0.15) is 4.31 Å². The van der Waals surface area contributed by atoms with E-state index in [0.29, 0.717) is 0 Å². The Hall–Kier alpha value is -1.40. The SMILES string of the molecule is C=CCN1[C@@H](C)COc2cc(F)ccc2S1(=O)=O. The maximum atomic E-state index is 13.1. The van der Waals surface area contributed by atoms with Crippen LogP contribution < -0.4 is 4.74 Å². The summed E-state index contributed by atoms with van der Waals surface area (Å²) in [7, 11) is -3.68. The minimum atomic E-state index is -3.68. The molecule has 0 aromatic heterocycles. The van der Waals surface area contributed by atoms with Gasteiger partial charge in [-0.25, -0.2) is 12.8 Å². The molecular weight excluding hydrogens is 257 g/mol. The Morgan fingerprint density at radius 3 is 3.00 bits per heavy atom. The smallest absolute Gasteiger partial charge is 0.247 e. The summed E-state index contributed by atoms with van der Waals surface area (Å²) in [5.41, 5.74) is 0. The molecule has 18 heavy (non-hydrogen) atoms. The average molecular weight is 271 g/mol. The fourth-order valence-corrected chi connectivity index (χ4v) is 3.57. The van der Waals surface area contributed by atoms with Gasteiger partial charge in [-0.05, 0) is 19.1 Å². The molecule has 0 unspecified atom stereocenters. The van der Waals surface area contributed by atoms with Crippen molar-refractivity contribution in [1.29, 1.82) is 0 Å². The summed E-state index contributed by atoms with van der Waals surface area (Å²) in [6.45, 7) is 5.67. The van der Waals surface area contributed by atoms with Gasteiger partial charge in [0, 0.05) is 12.6 Å². The summed E-state index contributed by atoms with van der Waals surface area (Å²) in [4.78, 5) is -0.00454. The van der Waals surface area contributed by atoms with E-state index in [0.717, 1.165) is 12.1 Å². The van der Waals surface area contributed by atoms with Gasteiger partial charge in [0.1, 0.15) is 23.1 Å². The molecule has 1 aromatic carbocycles. The van der Waals surface area contributed by atoms with Gasteiger partial charge in [0.2, 0.25) is 10.0 Å². The van der Waals surface area contributed by atoms with Crippen molar-refractivity contribution in [2.45, 2.75) is 17.9 Å². The lowest BCUT2D eigenvalue weighted by atomic mass is 10.3. The molecule has 1 aromatic rings. The van der Waals surface area contributed by atoms with E-state index in [1.807, 2.05) is 0 Å². The van der Waals surface area contributed by atoms with Crippen LogP contribution in [0.1, 0.15) is 6.92 Å². The van der Waals surface area contributed by atoms with Gasteiger partial charge in [-0.1, -0.05) is 6.08 Å². The summed E-state index contributed by atoms with van der Waals surface area (Å²) in [5, 5.41) is 0. The quantitative estimate of drug-likeness (QED) is 0.770. The molecule has 1 aliphatic rings. The van der Waals surface area contributed by atoms with E-state index >= 15 is 0 Å². The fourth-order valence-electron chi connectivity index (χ4n) is 1.87. The molecule has 1 atom stereocenters. The van der Waals surface area contributed by atoms with Crippen LogP contribution in [0, 0.1) is 5.82 Å². The van der Waals surface area contributed by atoms with Gasteiger partial charge in [0.15, 0.2) is 0 Å². The molecule has 0 aliphatic carbocycles. The third-order valence-electron chi connectivity index (χ3n) is 2.77. The Balaban J connectivity index is 2.58. The molecule has 0 fully saturated rings. The van der Waals surface area contributed by atoms with Gasteiger partial charge in [-0.15, -0.1) is 6.58 Å². The first kappa shape index (κ1) is 13.0. The molecule has 0 amide bonds. The maximum Gasteiger partial charge on any atom is 0.247 e. The number of sulfonamides is 1. The van der Waals surface area contributed by atoms with Crippen molar-refractivity contribution in [2.75, 3.05) is 13.2 Å². The van der Waals surface area contributed by atoms with Gasteiger partial charge in [-0.3, -0.25) is 0 Å². The van der Waals surface area contributed by atoms with E-state index in [4.69, 9.17) is 4.74 Å². The summed E-state index contributed by atoms with van der Waals surface area (Å²) >= 11 is 0. The number of benzene rings is 1. The largest absolute Gasteiger partial charge is 0.490 e. The van der Waals surface area contributed by atoms with Gasteiger partial charge < -0.3 is 4.74 Å². The summed E-state index contributed by atoms with van der Waals surface area (Å²) in [5.74, 6) is -0.456. The Kier molecular flexibility index (Phi) is 3.41. The summed E-state index contributed by atoms with van der Waals surface area (Å²) in [6, 6.07) is 3.11. The van der Waals surface area contributed by atoms with E-state index in [9.17, 15) is 12.8 Å². The normalized spacial score (nSPS) is 22.7. The lowest BCUT2D eigenvalue weighted by molar-refractivity contribution is 0.232. The van der Waals surface area contributed by atoms with Crippen LogP contribution in [0.3, 0.4) is 0 Å². The predicted molar refractivity (Wildman–Crippen MR) is 65.4 cm³/mol. The molecule has 4 nitrogen and oxygen atoms in total. The maximum absolute atomic E-state index is 13.1. The number of halogens is 1. The lowest BCUT2D eigenvalue weighted by Crippen LogP contribution is -2.39. The Morgan fingerprint density at radius 1 is 1.61 bits per heavy atom. The van der Waals surface area contributed by atoms with Crippen LogP contribution in [0.4, 0.5) is 4.39 Å². The predicted octanol–water partition coefficient (Wildman–Crippen LogP) is 1.78. The molecule has 98 valence electrons. The van der Waals surface area contributed by atoms with Crippen LogP contribution in [0.15, 0.2) is 35.7 Å². The number of ether oxygens (including phenoxy) is 1. The first-order valence-corrected chi connectivity index (χ1v) is 6.96. The number of rotatable bonds is 2. The van der Waals surface area contributed by atoms with Crippen LogP contribution in [-0.4, -0.2) is 31.9 Å². The van der Waals surface area contributed by atoms with Crippen LogP contribution >= 0.6 is 0 Å². The lowest BCUT2D eigenvalue weighted by Gasteiger charge is -2.23. The van der Waals surface area contributed by atoms with Crippen molar-refractivity contribution >= 4 is 10.0 Å². The third kappa shape index (κ3) is 2.13. The number of fused-ring (bicyclic) bond motifs is 1. The van der Waals surface area contributed by atoms with Crippen molar-refractivity contribution in [3.05, 3.63) is 36.7 Å². The van der Waals surface area contributed by atoms with Crippen molar-refractivity contribution < 1.29 is 17.5 Å². The second-order valence-electron chi connectivity index (χ2n) is 4.11. The van der Waals surface area contributed by atoms with Crippen LogP contribution in [0.5, 0.6) is 5.75 Å². The zero-order chi connectivity index (χ0) is 13.3. The van der Waals surface area contributed by atoms with Crippen LogP contribution in [0.25, 0.3) is 0 Å². The highest BCUT2D eigenvalue weighted by molar-refractivity contribution is 7.89. The molecular formula is C12H14FNO3S. The highest BCUT2D eigenvalue weighted by Gasteiger charge is 2.34. The Bertz CT molecular complexity index is 571. The van der Waals surface area contributed by atoms with E-state index in [2.05, 4.69) is 6.58 Å². The zero-order valence-electron chi connectivity index (χ0n) is 9.97. The van der Waals surface area contributed by atoms with E-state index in [1.54, 1.807) is 6.92 Å². The van der Waals surface area contributed by atoms with Gasteiger partial charge in [0.25, 0.3) is 0 Å². The molecule has 0 bridgehead atoms.